The third kappa shape index (κ3) is 5.53. The van der Waals surface area contributed by atoms with Crippen LogP contribution in [0.2, 0.25) is 0 Å². The Labute approximate surface area is 146 Å². The summed E-state index contributed by atoms with van der Waals surface area (Å²) in [7, 11) is 1.65. The number of benzene rings is 1. The lowest BCUT2D eigenvalue weighted by atomic mass is 9.92. The van der Waals surface area contributed by atoms with Crippen molar-refractivity contribution in [3.8, 4) is 11.5 Å². The average Bonchev–Trinajstić information content (AvgIpc) is 2.53. The van der Waals surface area contributed by atoms with Gasteiger partial charge in [0, 0.05) is 25.2 Å². The summed E-state index contributed by atoms with van der Waals surface area (Å²) in [5.41, 5.74) is 1.02. The fraction of sp³-hybridized carbons (Fsp3) is 0.600. The molecule has 2 rings (SSSR count). The summed E-state index contributed by atoms with van der Waals surface area (Å²) in [5.74, 6) is 2.98. The Morgan fingerprint density at radius 3 is 2.67 bits per heavy atom. The van der Waals surface area contributed by atoms with Gasteiger partial charge in [-0.15, -0.1) is 6.58 Å². The quantitative estimate of drug-likeness (QED) is 0.742. The van der Waals surface area contributed by atoms with Gasteiger partial charge in [0.05, 0.1) is 7.11 Å². The molecule has 1 aromatic rings. The lowest BCUT2D eigenvalue weighted by molar-refractivity contribution is 0.0427. The fourth-order valence-electron chi connectivity index (χ4n) is 3.62. The van der Waals surface area contributed by atoms with Crippen LogP contribution < -0.4 is 9.47 Å². The number of nitrogens with zero attached hydrogens (tertiary/aromatic N) is 1. The highest BCUT2D eigenvalue weighted by Crippen LogP contribution is 2.25. The zero-order valence-electron chi connectivity index (χ0n) is 15.2. The third-order valence-corrected chi connectivity index (χ3v) is 4.48. The van der Waals surface area contributed by atoms with Gasteiger partial charge >= 0.3 is 0 Å². The maximum atomic E-state index is 10.3. The van der Waals surface area contributed by atoms with Crippen molar-refractivity contribution in [2.45, 2.75) is 32.8 Å². The average molecular weight is 333 g/mol. The van der Waals surface area contributed by atoms with Crippen LogP contribution in [0.3, 0.4) is 0 Å². The highest BCUT2D eigenvalue weighted by atomic mass is 16.5. The van der Waals surface area contributed by atoms with Crippen LogP contribution in [0.15, 0.2) is 30.9 Å². The zero-order valence-corrected chi connectivity index (χ0v) is 15.2. The Bertz CT molecular complexity index is 522. The van der Waals surface area contributed by atoms with Crippen molar-refractivity contribution in [2.75, 3.05) is 33.4 Å². The molecule has 1 aromatic carbocycles. The first-order chi connectivity index (χ1) is 11.5. The number of rotatable bonds is 8. The van der Waals surface area contributed by atoms with Crippen LogP contribution in [0, 0.1) is 11.8 Å². The summed E-state index contributed by atoms with van der Waals surface area (Å²) in [6, 6.07) is 5.73. The SMILES string of the molecule is C=CCc1cc(OC)ccc1OC[C@H](O)CN1C[C@H](C)C[C@@H](C)C1. The van der Waals surface area contributed by atoms with Gasteiger partial charge in [0.1, 0.15) is 24.2 Å². The molecule has 1 N–H and O–H groups in total. The van der Waals surface area contributed by atoms with Crippen molar-refractivity contribution in [2.24, 2.45) is 11.8 Å². The molecule has 134 valence electrons. The minimum Gasteiger partial charge on any atom is -0.497 e. The number of methoxy groups -OCH3 is 1. The predicted molar refractivity (Wildman–Crippen MR) is 97.8 cm³/mol. The standard InChI is InChI=1S/C20H31NO3/c1-5-6-17-10-19(23-4)7-8-20(17)24-14-18(22)13-21-11-15(2)9-16(3)12-21/h5,7-8,10,15-16,18,22H,1,6,9,11-14H2,2-4H3/t15-,16-,18-/m1/s1. The van der Waals surface area contributed by atoms with E-state index >= 15 is 0 Å². The number of likely N-dealkylation sites (tertiary alicyclic amines) is 1. The first-order valence-electron chi connectivity index (χ1n) is 8.82. The summed E-state index contributed by atoms with van der Waals surface area (Å²) < 4.78 is 11.1. The van der Waals surface area contributed by atoms with Gasteiger partial charge in [0.15, 0.2) is 0 Å². The molecule has 1 aliphatic rings. The minimum atomic E-state index is -0.485. The van der Waals surface area contributed by atoms with Crippen LogP contribution in [0.4, 0.5) is 0 Å². The number of aliphatic hydroxyl groups excluding tert-OH is 1. The third-order valence-electron chi connectivity index (χ3n) is 4.48. The lowest BCUT2D eigenvalue weighted by Crippen LogP contribution is -2.44. The molecule has 0 saturated carbocycles. The zero-order chi connectivity index (χ0) is 17.5. The van der Waals surface area contributed by atoms with Crippen molar-refractivity contribution >= 4 is 0 Å². The predicted octanol–water partition coefficient (Wildman–Crippen LogP) is 3.14. The minimum absolute atomic E-state index is 0.301. The van der Waals surface area contributed by atoms with Crippen molar-refractivity contribution in [3.63, 3.8) is 0 Å². The molecule has 0 aliphatic carbocycles. The van der Waals surface area contributed by atoms with Gasteiger partial charge in [-0.25, -0.2) is 0 Å². The molecular formula is C20H31NO3. The van der Waals surface area contributed by atoms with Crippen LogP contribution >= 0.6 is 0 Å². The van der Waals surface area contributed by atoms with Crippen LogP contribution in [0.5, 0.6) is 11.5 Å². The summed E-state index contributed by atoms with van der Waals surface area (Å²) in [4.78, 5) is 2.35. The number of aliphatic hydroxyl groups is 1. The summed E-state index contributed by atoms with van der Waals surface area (Å²) in [6.07, 6.45) is 3.35. The van der Waals surface area contributed by atoms with Gasteiger partial charge in [-0.3, -0.25) is 0 Å². The molecule has 0 amide bonds. The topological polar surface area (TPSA) is 41.9 Å². The molecular weight excluding hydrogens is 302 g/mol. The molecule has 1 saturated heterocycles. The Morgan fingerprint density at radius 1 is 1.33 bits per heavy atom. The van der Waals surface area contributed by atoms with E-state index in [1.54, 1.807) is 7.11 Å². The summed E-state index contributed by atoms with van der Waals surface area (Å²) in [6.45, 7) is 11.4. The summed E-state index contributed by atoms with van der Waals surface area (Å²) in [5, 5.41) is 10.3. The Hall–Kier alpha value is -1.52. The maximum absolute atomic E-state index is 10.3. The first-order valence-corrected chi connectivity index (χ1v) is 8.82. The molecule has 0 bridgehead atoms. The normalized spacial score (nSPS) is 22.8. The van der Waals surface area contributed by atoms with Gasteiger partial charge in [0.2, 0.25) is 0 Å². The molecule has 0 unspecified atom stereocenters. The van der Waals surface area contributed by atoms with Crippen LogP contribution in [0.25, 0.3) is 0 Å². The van der Waals surface area contributed by atoms with Crippen molar-refractivity contribution in [3.05, 3.63) is 36.4 Å². The molecule has 0 aromatic heterocycles. The molecule has 24 heavy (non-hydrogen) atoms. The molecule has 0 spiro atoms. The number of β-amino-alcohol motifs (C(OH)–C–C–N with tert-alkyl or cyclic N) is 1. The molecule has 1 heterocycles. The van der Waals surface area contributed by atoms with Crippen LogP contribution in [-0.4, -0.2) is 49.5 Å². The Morgan fingerprint density at radius 2 is 2.04 bits per heavy atom. The van der Waals surface area contributed by atoms with E-state index in [2.05, 4.69) is 25.3 Å². The number of ether oxygens (including phenoxy) is 2. The second-order valence-electron chi connectivity index (χ2n) is 7.10. The van der Waals surface area contributed by atoms with Crippen molar-refractivity contribution in [1.82, 2.24) is 4.90 Å². The van der Waals surface area contributed by atoms with E-state index in [0.717, 1.165) is 30.2 Å². The van der Waals surface area contributed by atoms with E-state index in [1.165, 1.54) is 6.42 Å². The number of hydrogen-bond donors (Lipinski definition) is 1. The van der Waals surface area contributed by atoms with E-state index in [4.69, 9.17) is 9.47 Å². The molecule has 0 radical (unpaired) electrons. The highest BCUT2D eigenvalue weighted by molar-refractivity contribution is 5.41. The van der Waals surface area contributed by atoms with E-state index in [-0.39, 0.29) is 0 Å². The molecule has 4 nitrogen and oxygen atoms in total. The molecule has 4 heteroatoms. The monoisotopic (exact) mass is 333 g/mol. The summed E-state index contributed by atoms with van der Waals surface area (Å²) >= 11 is 0. The second kappa shape index (κ2) is 9.09. The van der Waals surface area contributed by atoms with Gasteiger partial charge in [-0.05, 0) is 42.9 Å². The first kappa shape index (κ1) is 18.8. The van der Waals surface area contributed by atoms with Gasteiger partial charge in [0.25, 0.3) is 0 Å². The molecule has 1 fully saturated rings. The van der Waals surface area contributed by atoms with Crippen molar-refractivity contribution < 1.29 is 14.6 Å². The Kier molecular flexibility index (Phi) is 7.13. The van der Waals surface area contributed by atoms with Gasteiger partial charge in [-0.1, -0.05) is 19.9 Å². The second-order valence-corrected chi connectivity index (χ2v) is 7.10. The molecule has 1 aliphatic heterocycles. The smallest absolute Gasteiger partial charge is 0.123 e. The van der Waals surface area contributed by atoms with Gasteiger partial charge < -0.3 is 19.5 Å². The lowest BCUT2D eigenvalue weighted by Gasteiger charge is -2.35. The van der Waals surface area contributed by atoms with E-state index in [1.807, 2.05) is 24.3 Å². The van der Waals surface area contributed by atoms with Gasteiger partial charge in [-0.2, -0.15) is 0 Å². The van der Waals surface area contributed by atoms with E-state index in [0.29, 0.717) is 31.4 Å². The Balaban J connectivity index is 1.89. The molecule has 3 atom stereocenters. The number of allylic oxidation sites excluding steroid dienone is 1. The van der Waals surface area contributed by atoms with E-state index in [9.17, 15) is 5.11 Å². The fourth-order valence-corrected chi connectivity index (χ4v) is 3.62. The number of hydrogen-bond acceptors (Lipinski definition) is 4. The highest BCUT2D eigenvalue weighted by Gasteiger charge is 2.23. The van der Waals surface area contributed by atoms with E-state index < -0.39 is 6.10 Å². The maximum Gasteiger partial charge on any atom is 0.123 e. The largest absolute Gasteiger partial charge is 0.497 e. The van der Waals surface area contributed by atoms with Crippen LogP contribution in [0.1, 0.15) is 25.8 Å². The van der Waals surface area contributed by atoms with Crippen molar-refractivity contribution in [1.29, 1.82) is 0 Å². The number of piperidine rings is 1. The van der Waals surface area contributed by atoms with Crippen LogP contribution in [-0.2, 0) is 6.42 Å².